The molecule has 1 aliphatic rings. The Balaban J connectivity index is 1.51. The number of aryl methyl sites for hydroxylation is 1. The van der Waals surface area contributed by atoms with E-state index in [4.69, 9.17) is 0 Å². The first-order valence-electron chi connectivity index (χ1n) is 9.64. The third-order valence-corrected chi connectivity index (χ3v) is 5.53. The number of nitrogens with zero attached hydrogens (tertiary/aromatic N) is 5. The predicted octanol–water partition coefficient (Wildman–Crippen LogP) is 3.01. The number of amides is 1. The molecule has 1 amide bonds. The van der Waals surface area contributed by atoms with Crippen molar-refractivity contribution in [2.75, 3.05) is 18.6 Å². The molecular weight excluding hydrogens is 366 g/mol. The van der Waals surface area contributed by atoms with Crippen molar-refractivity contribution in [3.63, 3.8) is 0 Å². The number of carbonyl (C=O) groups is 2. The van der Waals surface area contributed by atoms with Gasteiger partial charge in [0.05, 0.1) is 23.6 Å². The van der Waals surface area contributed by atoms with E-state index >= 15 is 0 Å². The molecule has 0 N–H and O–H groups in total. The highest BCUT2D eigenvalue weighted by atomic mass is 16.2. The molecule has 0 saturated heterocycles. The van der Waals surface area contributed by atoms with E-state index in [1.165, 1.54) is 6.33 Å². The van der Waals surface area contributed by atoms with Crippen LogP contribution in [0, 0.1) is 0 Å². The maximum Gasteiger partial charge on any atom is 0.300 e. The number of anilines is 1. The van der Waals surface area contributed by atoms with Crippen molar-refractivity contribution in [2.24, 2.45) is 0 Å². The lowest BCUT2D eigenvalue weighted by atomic mass is 10.1. The molecule has 4 rings (SSSR count). The largest absolute Gasteiger partial charge is 0.300 e. The number of aromatic nitrogens is 3. The van der Waals surface area contributed by atoms with Crippen LogP contribution < -0.4 is 4.90 Å². The van der Waals surface area contributed by atoms with Crippen LogP contribution in [-0.2, 0) is 11.2 Å². The standard InChI is InChI=1S/C22H23N5O2/c1-4-16-5-10-20-19(11-16)21(28)22(29)26(20)14-25(3)15(2)17-6-8-18(9-7-17)27-13-23-12-24-27/h5-13,15H,4,14H2,1-3H3/t15-/m0/s1. The Hall–Kier alpha value is -3.32. The first-order valence-corrected chi connectivity index (χ1v) is 9.64. The third kappa shape index (κ3) is 3.45. The zero-order chi connectivity index (χ0) is 20.5. The van der Waals surface area contributed by atoms with Gasteiger partial charge in [-0.05, 0) is 55.8 Å². The summed E-state index contributed by atoms with van der Waals surface area (Å²) >= 11 is 0. The van der Waals surface area contributed by atoms with Gasteiger partial charge in [0, 0.05) is 6.04 Å². The highest BCUT2D eigenvalue weighted by Crippen LogP contribution is 2.31. The van der Waals surface area contributed by atoms with Crippen molar-refractivity contribution < 1.29 is 9.59 Å². The van der Waals surface area contributed by atoms with Gasteiger partial charge in [-0.1, -0.05) is 25.1 Å². The fourth-order valence-corrected chi connectivity index (χ4v) is 3.56. The van der Waals surface area contributed by atoms with Gasteiger partial charge in [0.25, 0.3) is 5.78 Å². The fraction of sp³-hybridized carbons (Fsp3) is 0.273. The number of carbonyl (C=O) groups excluding carboxylic acids is 2. The molecule has 148 valence electrons. The van der Waals surface area contributed by atoms with E-state index in [0.29, 0.717) is 17.9 Å². The molecule has 0 radical (unpaired) electrons. The predicted molar refractivity (Wildman–Crippen MR) is 110 cm³/mol. The molecule has 2 aromatic carbocycles. The zero-order valence-corrected chi connectivity index (χ0v) is 16.7. The average molecular weight is 389 g/mol. The van der Waals surface area contributed by atoms with E-state index in [1.807, 2.05) is 56.4 Å². The summed E-state index contributed by atoms with van der Waals surface area (Å²) in [5.74, 6) is -0.887. The molecular formula is C22H23N5O2. The van der Waals surface area contributed by atoms with Crippen LogP contribution in [-0.4, -0.2) is 45.1 Å². The Morgan fingerprint density at radius 3 is 2.52 bits per heavy atom. The molecule has 0 aliphatic carbocycles. The molecule has 7 nitrogen and oxygen atoms in total. The number of fused-ring (bicyclic) bond motifs is 1. The minimum absolute atomic E-state index is 0.0571. The molecule has 3 aromatic rings. The van der Waals surface area contributed by atoms with Gasteiger partial charge in [-0.25, -0.2) is 9.67 Å². The van der Waals surface area contributed by atoms with Crippen LogP contribution in [0.2, 0.25) is 0 Å². The molecule has 0 bridgehead atoms. The highest BCUT2D eigenvalue weighted by molar-refractivity contribution is 6.52. The first-order chi connectivity index (χ1) is 14.0. The first kappa shape index (κ1) is 19.0. The molecule has 1 atom stereocenters. The minimum atomic E-state index is -0.464. The molecule has 1 aromatic heterocycles. The minimum Gasteiger partial charge on any atom is -0.291 e. The number of hydrogen-bond acceptors (Lipinski definition) is 5. The van der Waals surface area contributed by atoms with Crippen molar-refractivity contribution in [1.29, 1.82) is 0 Å². The van der Waals surface area contributed by atoms with E-state index in [0.717, 1.165) is 23.2 Å². The zero-order valence-electron chi connectivity index (χ0n) is 16.7. The van der Waals surface area contributed by atoms with Crippen LogP contribution in [0.4, 0.5) is 5.69 Å². The Bertz CT molecular complexity index is 1040. The summed E-state index contributed by atoms with van der Waals surface area (Å²) in [6.07, 6.45) is 3.98. The monoisotopic (exact) mass is 389 g/mol. The third-order valence-electron chi connectivity index (χ3n) is 5.53. The quantitative estimate of drug-likeness (QED) is 0.606. The summed E-state index contributed by atoms with van der Waals surface area (Å²) in [4.78, 5) is 32.6. The molecule has 1 aliphatic heterocycles. The van der Waals surface area contributed by atoms with Gasteiger partial charge in [0.2, 0.25) is 0 Å². The van der Waals surface area contributed by atoms with E-state index in [-0.39, 0.29) is 6.04 Å². The summed E-state index contributed by atoms with van der Waals surface area (Å²) in [6, 6.07) is 13.8. The maximum absolute atomic E-state index is 12.6. The lowest BCUT2D eigenvalue weighted by molar-refractivity contribution is -0.114. The molecule has 0 spiro atoms. The van der Waals surface area contributed by atoms with Crippen molar-refractivity contribution in [3.05, 3.63) is 71.8 Å². The highest BCUT2D eigenvalue weighted by Gasteiger charge is 2.36. The number of ketones is 1. The lowest BCUT2D eigenvalue weighted by Crippen LogP contribution is -2.40. The van der Waals surface area contributed by atoms with Gasteiger partial charge in [0.1, 0.15) is 12.7 Å². The van der Waals surface area contributed by atoms with Crippen LogP contribution in [0.1, 0.15) is 41.4 Å². The van der Waals surface area contributed by atoms with Gasteiger partial charge in [-0.15, -0.1) is 0 Å². The molecule has 7 heteroatoms. The van der Waals surface area contributed by atoms with Crippen molar-refractivity contribution in [2.45, 2.75) is 26.3 Å². The van der Waals surface area contributed by atoms with Gasteiger partial charge >= 0.3 is 5.91 Å². The molecule has 0 fully saturated rings. The van der Waals surface area contributed by atoms with Gasteiger partial charge < -0.3 is 0 Å². The summed E-state index contributed by atoms with van der Waals surface area (Å²) in [6.45, 7) is 4.45. The smallest absolute Gasteiger partial charge is 0.291 e. The lowest BCUT2D eigenvalue weighted by Gasteiger charge is -2.29. The van der Waals surface area contributed by atoms with Crippen molar-refractivity contribution in [3.8, 4) is 5.69 Å². The van der Waals surface area contributed by atoms with Crippen LogP contribution >= 0.6 is 0 Å². The number of benzene rings is 2. The van der Waals surface area contributed by atoms with E-state index in [9.17, 15) is 9.59 Å². The van der Waals surface area contributed by atoms with Crippen molar-refractivity contribution in [1.82, 2.24) is 19.7 Å². The van der Waals surface area contributed by atoms with Gasteiger partial charge in [0.15, 0.2) is 0 Å². The Morgan fingerprint density at radius 2 is 1.86 bits per heavy atom. The maximum atomic E-state index is 12.6. The fourth-order valence-electron chi connectivity index (χ4n) is 3.56. The van der Waals surface area contributed by atoms with Crippen LogP contribution in [0.15, 0.2) is 55.1 Å². The second-order valence-electron chi connectivity index (χ2n) is 7.27. The summed E-state index contributed by atoms with van der Waals surface area (Å²) in [5, 5.41) is 4.13. The van der Waals surface area contributed by atoms with Crippen LogP contribution in [0.25, 0.3) is 5.69 Å². The number of rotatable bonds is 6. The average Bonchev–Trinajstić information content (AvgIpc) is 3.37. The molecule has 29 heavy (non-hydrogen) atoms. The summed E-state index contributed by atoms with van der Waals surface area (Å²) in [5.41, 5.74) is 4.30. The van der Waals surface area contributed by atoms with E-state index < -0.39 is 11.7 Å². The molecule has 0 saturated carbocycles. The molecule has 0 unspecified atom stereocenters. The van der Waals surface area contributed by atoms with Crippen LogP contribution in [0.3, 0.4) is 0 Å². The Morgan fingerprint density at radius 1 is 1.10 bits per heavy atom. The van der Waals surface area contributed by atoms with Crippen molar-refractivity contribution >= 4 is 17.4 Å². The van der Waals surface area contributed by atoms with E-state index in [2.05, 4.69) is 21.9 Å². The van der Waals surface area contributed by atoms with Gasteiger partial charge in [-0.3, -0.25) is 19.4 Å². The second-order valence-corrected chi connectivity index (χ2v) is 7.27. The second kappa shape index (κ2) is 7.60. The number of Topliss-reactive ketones (excluding diaryl/α,β-unsaturated/α-hetero) is 1. The van der Waals surface area contributed by atoms with Gasteiger partial charge in [-0.2, -0.15) is 5.10 Å². The summed E-state index contributed by atoms with van der Waals surface area (Å²) in [7, 11) is 1.95. The normalized spacial score (nSPS) is 14.6. The SMILES string of the molecule is CCc1ccc2c(c1)C(=O)C(=O)N2CN(C)[C@@H](C)c1ccc(-n2cncn2)cc1. The topological polar surface area (TPSA) is 71.3 Å². The Labute approximate surface area is 169 Å². The van der Waals surface area contributed by atoms with Crippen LogP contribution in [0.5, 0.6) is 0 Å². The van der Waals surface area contributed by atoms with E-state index in [1.54, 1.807) is 15.9 Å². The molecule has 2 heterocycles. The summed E-state index contributed by atoms with van der Waals surface area (Å²) < 4.78 is 1.70. The number of hydrogen-bond donors (Lipinski definition) is 0. The Kier molecular flexibility index (Phi) is 4.98.